The number of aromatic nitrogens is 1. The summed E-state index contributed by atoms with van der Waals surface area (Å²) in [6.07, 6.45) is 2.52. The molecule has 1 amide bonds. The zero-order valence-corrected chi connectivity index (χ0v) is 16.6. The van der Waals surface area contributed by atoms with Gasteiger partial charge < -0.3 is 5.32 Å². The van der Waals surface area contributed by atoms with Crippen LogP contribution in [-0.2, 0) is 6.54 Å². The van der Waals surface area contributed by atoms with E-state index in [1.807, 2.05) is 25.1 Å². The molecule has 4 rings (SSSR count). The van der Waals surface area contributed by atoms with Crippen LogP contribution in [0.2, 0.25) is 0 Å². The summed E-state index contributed by atoms with van der Waals surface area (Å²) in [5, 5.41) is 3.70. The molecule has 1 aliphatic rings. The molecule has 4 nitrogen and oxygen atoms in total. The highest BCUT2D eigenvalue weighted by Gasteiger charge is 2.17. The maximum atomic E-state index is 13.1. The number of halogens is 1. The van der Waals surface area contributed by atoms with Gasteiger partial charge in [-0.15, -0.1) is 11.3 Å². The van der Waals surface area contributed by atoms with Crippen molar-refractivity contribution in [2.75, 3.05) is 18.4 Å². The molecular formula is C22H22FN3OS. The van der Waals surface area contributed by atoms with E-state index in [2.05, 4.69) is 21.3 Å². The van der Waals surface area contributed by atoms with E-state index < -0.39 is 0 Å². The van der Waals surface area contributed by atoms with Gasteiger partial charge in [-0.1, -0.05) is 12.1 Å². The summed E-state index contributed by atoms with van der Waals surface area (Å²) >= 11 is 1.32. The fourth-order valence-corrected chi connectivity index (χ4v) is 4.42. The third kappa shape index (κ3) is 4.29. The van der Waals surface area contributed by atoms with Crippen molar-refractivity contribution in [1.29, 1.82) is 0 Å². The SMILES string of the molecule is Cc1nc(-c2ccc(F)cc2)sc1C(=O)Nc1cccc(CN2CCCC2)c1. The Morgan fingerprint density at radius 2 is 1.93 bits per heavy atom. The van der Waals surface area contributed by atoms with Crippen LogP contribution in [0.1, 0.15) is 33.8 Å². The Kier molecular flexibility index (Phi) is 5.50. The molecule has 0 unspecified atom stereocenters. The Morgan fingerprint density at radius 1 is 1.18 bits per heavy atom. The number of carbonyl (C=O) groups excluding carboxylic acids is 1. The number of thiazole rings is 1. The lowest BCUT2D eigenvalue weighted by molar-refractivity contribution is 0.103. The average Bonchev–Trinajstić information content (AvgIpc) is 3.32. The maximum absolute atomic E-state index is 13.1. The summed E-state index contributed by atoms with van der Waals surface area (Å²) in [5.41, 5.74) is 3.47. The Labute approximate surface area is 168 Å². The van der Waals surface area contributed by atoms with Crippen LogP contribution in [0.3, 0.4) is 0 Å². The topological polar surface area (TPSA) is 45.2 Å². The highest BCUT2D eigenvalue weighted by atomic mass is 32.1. The second-order valence-electron chi connectivity index (χ2n) is 7.08. The zero-order valence-electron chi connectivity index (χ0n) is 15.7. The molecule has 144 valence electrons. The summed E-state index contributed by atoms with van der Waals surface area (Å²) in [6.45, 7) is 5.02. The Hall–Kier alpha value is -2.57. The van der Waals surface area contributed by atoms with Gasteiger partial charge in [-0.25, -0.2) is 9.37 Å². The van der Waals surface area contributed by atoms with E-state index >= 15 is 0 Å². The predicted octanol–water partition coefficient (Wildman–Crippen LogP) is 5.11. The minimum atomic E-state index is -0.288. The first-order valence-electron chi connectivity index (χ1n) is 9.44. The van der Waals surface area contributed by atoms with Crippen LogP contribution in [0, 0.1) is 12.7 Å². The van der Waals surface area contributed by atoms with Crippen molar-refractivity contribution in [3.05, 3.63) is 70.5 Å². The van der Waals surface area contributed by atoms with E-state index in [4.69, 9.17) is 0 Å². The van der Waals surface area contributed by atoms with Gasteiger partial charge >= 0.3 is 0 Å². The van der Waals surface area contributed by atoms with Crippen molar-refractivity contribution in [3.8, 4) is 10.6 Å². The lowest BCUT2D eigenvalue weighted by Gasteiger charge is -2.15. The molecule has 1 fully saturated rings. The first-order valence-corrected chi connectivity index (χ1v) is 10.3. The molecule has 0 saturated carbocycles. The van der Waals surface area contributed by atoms with Gasteiger partial charge in [-0.3, -0.25) is 9.69 Å². The number of rotatable bonds is 5. The number of amides is 1. The molecule has 0 radical (unpaired) electrons. The van der Waals surface area contributed by atoms with Crippen molar-refractivity contribution in [1.82, 2.24) is 9.88 Å². The number of benzene rings is 2. The van der Waals surface area contributed by atoms with Crippen LogP contribution in [0.25, 0.3) is 10.6 Å². The molecule has 1 aliphatic heterocycles. The number of nitrogens with one attached hydrogen (secondary N) is 1. The van der Waals surface area contributed by atoms with Gasteiger partial charge in [0.25, 0.3) is 5.91 Å². The summed E-state index contributed by atoms with van der Waals surface area (Å²) in [6, 6.07) is 14.2. The Balaban J connectivity index is 1.48. The van der Waals surface area contributed by atoms with Gasteiger partial charge in [-0.2, -0.15) is 0 Å². The molecule has 0 bridgehead atoms. The van der Waals surface area contributed by atoms with Gasteiger partial charge in [0, 0.05) is 17.8 Å². The third-order valence-corrected chi connectivity index (χ3v) is 6.09. The smallest absolute Gasteiger partial charge is 0.267 e. The predicted molar refractivity (Wildman–Crippen MR) is 111 cm³/mol. The van der Waals surface area contributed by atoms with Crippen LogP contribution in [-0.4, -0.2) is 28.9 Å². The molecule has 2 aromatic carbocycles. The molecule has 0 aliphatic carbocycles. The quantitative estimate of drug-likeness (QED) is 0.653. The second kappa shape index (κ2) is 8.20. The van der Waals surface area contributed by atoms with Crippen molar-refractivity contribution in [2.45, 2.75) is 26.3 Å². The molecule has 2 heterocycles. The van der Waals surface area contributed by atoms with Crippen molar-refractivity contribution in [2.24, 2.45) is 0 Å². The summed E-state index contributed by atoms with van der Waals surface area (Å²) in [4.78, 5) is 20.3. The molecule has 1 saturated heterocycles. The van der Waals surface area contributed by atoms with Gasteiger partial charge in [0.05, 0.1) is 5.69 Å². The van der Waals surface area contributed by atoms with Crippen molar-refractivity contribution >= 4 is 22.9 Å². The van der Waals surface area contributed by atoms with Crippen LogP contribution in [0.5, 0.6) is 0 Å². The number of aryl methyl sites for hydroxylation is 1. The number of hydrogen-bond acceptors (Lipinski definition) is 4. The zero-order chi connectivity index (χ0) is 19.5. The van der Waals surface area contributed by atoms with E-state index in [1.165, 1.54) is 41.9 Å². The summed E-state index contributed by atoms with van der Waals surface area (Å²) in [5.74, 6) is -0.453. The second-order valence-corrected chi connectivity index (χ2v) is 8.08. The number of hydrogen-bond donors (Lipinski definition) is 1. The van der Waals surface area contributed by atoms with E-state index in [9.17, 15) is 9.18 Å². The summed E-state index contributed by atoms with van der Waals surface area (Å²) in [7, 11) is 0. The average molecular weight is 396 g/mol. The monoisotopic (exact) mass is 395 g/mol. The highest BCUT2D eigenvalue weighted by Crippen LogP contribution is 2.29. The van der Waals surface area contributed by atoms with Crippen molar-refractivity contribution < 1.29 is 9.18 Å². The standard InChI is InChI=1S/C22H22FN3OS/c1-15-20(28-22(24-15)17-7-9-18(23)10-8-17)21(27)25-19-6-4-5-16(13-19)14-26-11-2-3-12-26/h4-10,13H,2-3,11-12,14H2,1H3,(H,25,27). The van der Waals surface area contributed by atoms with Crippen molar-refractivity contribution in [3.63, 3.8) is 0 Å². The van der Waals surface area contributed by atoms with Crippen LogP contribution < -0.4 is 5.32 Å². The van der Waals surface area contributed by atoms with E-state index in [1.54, 1.807) is 12.1 Å². The number of likely N-dealkylation sites (tertiary alicyclic amines) is 1. The van der Waals surface area contributed by atoms with E-state index in [0.29, 0.717) is 15.6 Å². The fourth-order valence-electron chi connectivity index (χ4n) is 3.46. The van der Waals surface area contributed by atoms with E-state index in [-0.39, 0.29) is 11.7 Å². The Morgan fingerprint density at radius 3 is 2.68 bits per heavy atom. The molecule has 3 aromatic rings. The normalized spacial score (nSPS) is 14.4. The van der Waals surface area contributed by atoms with Gasteiger partial charge in [-0.05, 0) is 74.8 Å². The molecular weight excluding hydrogens is 373 g/mol. The minimum absolute atomic E-state index is 0.165. The van der Waals surface area contributed by atoms with E-state index in [0.717, 1.165) is 30.9 Å². The first kappa shape index (κ1) is 18.8. The lowest BCUT2D eigenvalue weighted by Crippen LogP contribution is -2.18. The number of anilines is 1. The van der Waals surface area contributed by atoms with Crippen LogP contribution in [0.4, 0.5) is 10.1 Å². The fraction of sp³-hybridized carbons (Fsp3) is 0.273. The van der Waals surface area contributed by atoms with Crippen LogP contribution in [0.15, 0.2) is 48.5 Å². The number of nitrogens with zero attached hydrogens (tertiary/aromatic N) is 2. The Bertz CT molecular complexity index is 978. The minimum Gasteiger partial charge on any atom is -0.321 e. The molecule has 28 heavy (non-hydrogen) atoms. The van der Waals surface area contributed by atoms with Gasteiger partial charge in [0.2, 0.25) is 0 Å². The molecule has 0 atom stereocenters. The molecule has 6 heteroatoms. The molecule has 1 aromatic heterocycles. The van der Waals surface area contributed by atoms with Gasteiger partial charge in [0.1, 0.15) is 15.7 Å². The van der Waals surface area contributed by atoms with Crippen LogP contribution >= 0.6 is 11.3 Å². The first-order chi connectivity index (χ1) is 13.6. The summed E-state index contributed by atoms with van der Waals surface area (Å²) < 4.78 is 13.1. The molecule has 1 N–H and O–H groups in total. The highest BCUT2D eigenvalue weighted by molar-refractivity contribution is 7.17. The maximum Gasteiger partial charge on any atom is 0.267 e. The van der Waals surface area contributed by atoms with Gasteiger partial charge in [0.15, 0.2) is 0 Å². The molecule has 0 spiro atoms. The largest absolute Gasteiger partial charge is 0.321 e. The third-order valence-electron chi connectivity index (χ3n) is 4.88. The number of carbonyl (C=O) groups is 1. The lowest BCUT2D eigenvalue weighted by atomic mass is 10.2.